The van der Waals surface area contributed by atoms with E-state index >= 15 is 0 Å². The van der Waals surface area contributed by atoms with Gasteiger partial charge < -0.3 is 4.90 Å². The van der Waals surface area contributed by atoms with Gasteiger partial charge in [-0.05, 0) is 35.9 Å². The van der Waals surface area contributed by atoms with Crippen LogP contribution in [0.1, 0.15) is 5.56 Å². The summed E-state index contributed by atoms with van der Waals surface area (Å²) in [7, 11) is 2.04. The van der Waals surface area contributed by atoms with Gasteiger partial charge in [0.05, 0.1) is 5.52 Å². The first-order valence-electron chi connectivity index (χ1n) is 8.19. The van der Waals surface area contributed by atoms with Gasteiger partial charge in [-0.1, -0.05) is 65.9 Å². The summed E-state index contributed by atoms with van der Waals surface area (Å²) in [6, 6.07) is 28.5. The van der Waals surface area contributed by atoms with E-state index in [2.05, 4.69) is 45.6 Å². The van der Waals surface area contributed by atoms with Gasteiger partial charge >= 0.3 is 0 Å². The van der Waals surface area contributed by atoms with Crippen LogP contribution in [-0.2, 0) is 0 Å². The summed E-state index contributed by atoms with van der Waals surface area (Å²) in [5.41, 5.74) is 4.06. The number of nitrogens with zero attached hydrogens (tertiary/aromatic N) is 4. The van der Waals surface area contributed by atoms with Gasteiger partial charge in [0.25, 0.3) is 0 Å². The number of anilines is 1. The summed E-state index contributed by atoms with van der Waals surface area (Å²) in [5, 5.41) is 8.70. The van der Waals surface area contributed by atoms with Gasteiger partial charge in [0.1, 0.15) is 11.3 Å². The van der Waals surface area contributed by atoms with Crippen LogP contribution in [-0.4, -0.2) is 22.0 Å². The number of aromatic nitrogens is 3. The van der Waals surface area contributed by atoms with Gasteiger partial charge in [-0.3, -0.25) is 0 Å². The number of benzene rings is 3. The highest BCUT2D eigenvalue weighted by Gasteiger charge is 2.14. The Balaban J connectivity index is 1.88. The largest absolute Gasteiger partial charge is 0.329 e. The van der Waals surface area contributed by atoms with Crippen molar-refractivity contribution in [3.8, 4) is 0 Å². The molecular weight excluding hydrogens is 308 g/mol. The Morgan fingerprint density at radius 3 is 2.24 bits per heavy atom. The van der Waals surface area contributed by atoms with Gasteiger partial charge in [0.2, 0.25) is 0 Å². The van der Waals surface area contributed by atoms with E-state index < -0.39 is 0 Å². The van der Waals surface area contributed by atoms with Crippen molar-refractivity contribution in [3.63, 3.8) is 0 Å². The molecule has 0 saturated heterocycles. The molecule has 0 amide bonds. The van der Waals surface area contributed by atoms with E-state index in [0.29, 0.717) is 0 Å². The zero-order valence-electron chi connectivity index (χ0n) is 13.9. The molecule has 0 N–H and O–H groups in total. The second-order valence-electron chi connectivity index (χ2n) is 5.80. The standard InChI is InChI=1S/C21H18N4/c1-24(18-12-6-3-7-13-18)21(16-17-10-4-2-5-11-17)25-20-15-9-8-14-19(20)22-23-25/h2-16H,1H3. The van der Waals surface area contributed by atoms with E-state index in [-0.39, 0.29) is 0 Å². The summed E-state index contributed by atoms with van der Waals surface area (Å²) in [5.74, 6) is 0.936. The maximum atomic E-state index is 4.40. The normalized spacial score (nSPS) is 11.6. The Hall–Kier alpha value is -3.40. The average Bonchev–Trinajstić information content (AvgIpc) is 3.11. The highest BCUT2D eigenvalue weighted by atomic mass is 15.5. The van der Waals surface area contributed by atoms with Crippen molar-refractivity contribution < 1.29 is 0 Å². The molecule has 4 aromatic rings. The predicted octanol–water partition coefficient (Wildman–Crippen LogP) is 4.52. The van der Waals surface area contributed by atoms with Crippen molar-refractivity contribution in [1.82, 2.24) is 15.0 Å². The number of hydrogen-bond acceptors (Lipinski definition) is 3. The van der Waals surface area contributed by atoms with E-state index in [4.69, 9.17) is 0 Å². The maximum Gasteiger partial charge on any atom is 0.137 e. The topological polar surface area (TPSA) is 34.0 Å². The quantitative estimate of drug-likeness (QED) is 0.553. The lowest BCUT2D eigenvalue weighted by Gasteiger charge is -2.23. The molecule has 25 heavy (non-hydrogen) atoms. The molecule has 0 unspecified atom stereocenters. The average molecular weight is 326 g/mol. The SMILES string of the molecule is CN(C(=Cc1ccccc1)n1nnc2ccccc21)c1ccccc1. The Bertz CT molecular complexity index is 1000. The Kier molecular flexibility index (Phi) is 4.01. The fourth-order valence-electron chi connectivity index (χ4n) is 2.82. The molecule has 1 aromatic heterocycles. The van der Waals surface area contributed by atoms with Gasteiger partial charge in [0.15, 0.2) is 0 Å². The fraction of sp³-hybridized carbons (Fsp3) is 0.0476. The van der Waals surface area contributed by atoms with Gasteiger partial charge in [-0.2, -0.15) is 4.68 Å². The molecule has 0 fully saturated rings. The zero-order valence-corrected chi connectivity index (χ0v) is 13.9. The molecule has 0 bridgehead atoms. The first-order chi connectivity index (χ1) is 12.3. The zero-order chi connectivity index (χ0) is 17.1. The number of hydrogen-bond donors (Lipinski definition) is 0. The summed E-state index contributed by atoms with van der Waals surface area (Å²) in [4.78, 5) is 2.12. The third-order valence-electron chi connectivity index (χ3n) is 4.15. The molecule has 0 saturated carbocycles. The van der Waals surface area contributed by atoms with Crippen molar-refractivity contribution in [1.29, 1.82) is 0 Å². The van der Waals surface area contributed by atoms with Crippen LogP contribution in [0.2, 0.25) is 0 Å². The van der Waals surface area contributed by atoms with E-state index in [0.717, 1.165) is 28.1 Å². The van der Waals surface area contributed by atoms with Crippen LogP contribution in [0.4, 0.5) is 5.69 Å². The third kappa shape index (κ3) is 3.02. The van der Waals surface area contributed by atoms with Crippen LogP contribution in [0.3, 0.4) is 0 Å². The van der Waals surface area contributed by atoms with Crippen molar-refractivity contribution in [2.45, 2.75) is 0 Å². The van der Waals surface area contributed by atoms with E-state index in [1.807, 2.05) is 72.4 Å². The smallest absolute Gasteiger partial charge is 0.137 e. The van der Waals surface area contributed by atoms with Crippen LogP contribution < -0.4 is 4.90 Å². The molecule has 0 atom stereocenters. The lowest BCUT2D eigenvalue weighted by Crippen LogP contribution is -2.20. The number of para-hydroxylation sites is 2. The summed E-state index contributed by atoms with van der Waals surface area (Å²) in [6.07, 6.45) is 2.12. The number of rotatable bonds is 4. The van der Waals surface area contributed by atoms with Crippen molar-refractivity contribution in [3.05, 3.63) is 90.5 Å². The molecule has 0 aliphatic rings. The summed E-state index contributed by atoms with van der Waals surface area (Å²) in [6.45, 7) is 0. The van der Waals surface area contributed by atoms with Crippen molar-refractivity contribution >= 4 is 28.6 Å². The molecule has 4 nitrogen and oxygen atoms in total. The Morgan fingerprint density at radius 1 is 0.840 bits per heavy atom. The van der Waals surface area contributed by atoms with Crippen LogP contribution in [0.15, 0.2) is 84.9 Å². The minimum atomic E-state index is 0.878. The summed E-state index contributed by atoms with van der Waals surface area (Å²) < 4.78 is 1.88. The lowest BCUT2D eigenvalue weighted by atomic mass is 10.2. The first-order valence-corrected chi connectivity index (χ1v) is 8.19. The highest BCUT2D eigenvalue weighted by molar-refractivity contribution is 5.86. The lowest BCUT2D eigenvalue weighted by molar-refractivity contribution is 0.820. The van der Waals surface area contributed by atoms with Gasteiger partial charge in [-0.15, -0.1) is 5.10 Å². The second kappa shape index (κ2) is 6.61. The number of fused-ring (bicyclic) bond motifs is 1. The van der Waals surface area contributed by atoms with Gasteiger partial charge in [0, 0.05) is 12.7 Å². The van der Waals surface area contributed by atoms with E-state index in [1.165, 1.54) is 0 Å². The molecular formula is C21H18N4. The second-order valence-corrected chi connectivity index (χ2v) is 5.80. The molecule has 0 aliphatic carbocycles. The first kappa shape index (κ1) is 15.1. The highest BCUT2D eigenvalue weighted by Crippen LogP contribution is 2.24. The molecule has 0 radical (unpaired) electrons. The van der Waals surface area contributed by atoms with Crippen LogP contribution in [0.25, 0.3) is 22.9 Å². The molecule has 122 valence electrons. The molecule has 4 heteroatoms. The predicted molar refractivity (Wildman–Crippen MR) is 103 cm³/mol. The molecule has 0 spiro atoms. The van der Waals surface area contributed by atoms with Crippen molar-refractivity contribution in [2.24, 2.45) is 0 Å². The third-order valence-corrected chi connectivity index (χ3v) is 4.15. The molecule has 1 heterocycles. The molecule has 4 rings (SSSR count). The van der Waals surface area contributed by atoms with Crippen LogP contribution in [0.5, 0.6) is 0 Å². The molecule has 3 aromatic carbocycles. The van der Waals surface area contributed by atoms with E-state index in [9.17, 15) is 0 Å². The van der Waals surface area contributed by atoms with Gasteiger partial charge in [-0.25, -0.2) is 0 Å². The van der Waals surface area contributed by atoms with Crippen molar-refractivity contribution in [2.75, 3.05) is 11.9 Å². The minimum Gasteiger partial charge on any atom is -0.329 e. The minimum absolute atomic E-state index is 0.878. The van der Waals surface area contributed by atoms with Crippen LogP contribution >= 0.6 is 0 Å². The Morgan fingerprint density at radius 2 is 1.48 bits per heavy atom. The summed E-state index contributed by atoms with van der Waals surface area (Å²) >= 11 is 0. The van der Waals surface area contributed by atoms with E-state index in [1.54, 1.807) is 0 Å². The maximum absolute atomic E-state index is 4.40. The van der Waals surface area contributed by atoms with Crippen LogP contribution in [0, 0.1) is 0 Å². The molecule has 0 aliphatic heterocycles. The monoisotopic (exact) mass is 326 g/mol. The Labute approximate surface area is 146 Å². The fourth-order valence-corrected chi connectivity index (χ4v) is 2.82.